The van der Waals surface area contributed by atoms with Gasteiger partial charge in [-0.15, -0.1) is 11.4 Å². The molecule has 0 spiro atoms. The molecule has 0 heterocycles. The van der Waals surface area contributed by atoms with Crippen LogP contribution in [0.15, 0.2) is 0 Å². The van der Waals surface area contributed by atoms with E-state index < -0.39 is 22.7 Å². The molecule has 6 nitrogen and oxygen atoms in total. The minimum Gasteiger partial charge on any atom is -0.784 e. The smallest absolute Gasteiger partial charge is 0.784 e. The summed E-state index contributed by atoms with van der Waals surface area (Å²) in [5, 5.41) is 0. The summed E-state index contributed by atoms with van der Waals surface area (Å²) in [6, 6.07) is 0. The third-order valence-corrected chi connectivity index (χ3v) is 0. The first-order chi connectivity index (χ1) is 3.46. The van der Waals surface area contributed by atoms with Crippen molar-refractivity contribution in [1.29, 1.82) is 0 Å². The zero-order valence-corrected chi connectivity index (χ0v) is 10.8. The van der Waals surface area contributed by atoms with Gasteiger partial charge in [0, 0.05) is 0 Å². The molecule has 0 aromatic carbocycles. The normalized spacial score (nSPS) is 9.70. The van der Waals surface area contributed by atoms with E-state index in [-0.39, 0.29) is 75.5 Å². The molecule has 10 heteroatoms. The number of rotatable bonds is 0. The average Bonchev–Trinajstić information content (AvgIpc) is 1.25. The van der Waals surface area contributed by atoms with Crippen LogP contribution in [0, 0.1) is 0 Å². The van der Waals surface area contributed by atoms with Gasteiger partial charge in [0.2, 0.25) is 0 Å². The molecule has 0 bridgehead atoms. The van der Waals surface area contributed by atoms with E-state index >= 15 is 0 Å². The molecule has 0 fully saturated rings. The van der Waals surface area contributed by atoms with Crippen LogP contribution in [0.25, 0.3) is 0 Å². The van der Waals surface area contributed by atoms with Gasteiger partial charge in [-0.25, -0.2) is 4.21 Å². The third kappa shape index (κ3) is 141. The summed E-state index contributed by atoms with van der Waals surface area (Å²) in [5.41, 5.74) is 0. The Morgan fingerprint density at radius 2 is 1.00 bits per heavy atom. The van der Waals surface area contributed by atoms with Crippen molar-refractivity contribution in [2.75, 3.05) is 0 Å². The largest absolute Gasteiger partial charge is 2.00 e. The van der Waals surface area contributed by atoms with Crippen molar-refractivity contribution in [3.8, 4) is 0 Å². The summed E-state index contributed by atoms with van der Waals surface area (Å²) >= 11 is -5.97. The molecule has 1 unspecified atom stereocenters. The quantitative estimate of drug-likeness (QED) is 0.371. The van der Waals surface area contributed by atoms with Crippen LogP contribution in [0.3, 0.4) is 0 Å². The van der Waals surface area contributed by atoms with Crippen LogP contribution in [0.4, 0.5) is 0 Å². The van der Waals surface area contributed by atoms with E-state index in [1.54, 1.807) is 0 Å². The predicted molar refractivity (Wildman–Crippen MR) is 32.8 cm³/mol. The van der Waals surface area contributed by atoms with Crippen LogP contribution in [0.2, 0.25) is 0 Å². The molecule has 0 rings (SSSR count). The Morgan fingerprint density at radius 3 is 1.00 bits per heavy atom. The standard InChI is InChI=1S/2Ca.2H2O3S/c;;2*1-4(2)3/h;;2*(H2,1,2,3)/q2*+2;;/p-3. The summed E-state index contributed by atoms with van der Waals surface area (Å²) < 4.78 is 49.4. The maximum absolute atomic E-state index is 8.56. The summed E-state index contributed by atoms with van der Waals surface area (Å²) in [7, 11) is 0. The number of hydrogen-bond donors (Lipinski definition) is 1. The zero-order valence-electron chi connectivity index (χ0n) is 4.72. The molecule has 0 aliphatic heterocycles. The topological polar surface area (TPSA) is 124 Å². The van der Waals surface area contributed by atoms with Crippen LogP contribution in [0.5, 0.6) is 0 Å². The molecule has 10 heavy (non-hydrogen) atoms. The first-order valence-electron chi connectivity index (χ1n) is 1.02. The first kappa shape index (κ1) is 23.0. The molecule has 1 atom stereocenters. The molecule has 0 aromatic heterocycles. The van der Waals surface area contributed by atoms with E-state index in [1.165, 1.54) is 0 Å². The predicted octanol–water partition coefficient (Wildman–Crippen LogP) is -2.43. The molecule has 0 aromatic rings. The SMILES string of the molecule is O=S([O-])O.O=S([O-])[O-].[Ca+2].[Ca+2]. The van der Waals surface area contributed by atoms with Crippen LogP contribution < -0.4 is 0 Å². The maximum Gasteiger partial charge on any atom is 2.00 e. The molecule has 0 saturated carbocycles. The van der Waals surface area contributed by atoms with Gasteiger partial charge < -0.3 is 18.2 Å². The van der Waals surface area contributed by atoms with Gasteiger partial charge in [-0.1, -0.05) is 0 Å². The summed E-state index contributed by atoms with van der Waals surface area (Å²) in [5.74, 6) is 0. The monoisotopic (exact) mass is 241 g/mol. The summed E-state index contributed by atoms with van der Waals surface area (Å²) in [6.07, 6.45) is 0. The fourth-order valence-electron chi connectivity index (χ4n) is 0. The van der Waals surface area contributed by atoms with Crippen molar-refractivity contribution in [3.05, 3.63) is 0 Å². The Bertz CT molecular complexity index is 71.7. The zero-order chi connectivity index (χ0) is 7.15. The average molecular weight is 241 g/mol. The molecule has 0 saturated heterocycles. The van der Waals surface area contributed by atoms with E-state index in [4.69, 9.17) is 26.6 Å². The summed E-state index contributed by atoms with van der Waals surface area (Å²) in [4.78, 5) is 0. The van der Waals surface area contributed by atoms with Crippen LogP contribution in [-0.4, -0.2) is 102 Å². The fraction of sp³-hybridized carbons (Fsp3) is 0. The molecule has 0 radical (unpaired) electrons. The van der Waals surface area contributed by atoms with Crippen molar-refractivity contribution >= 4 is 98.2 Å². The van der Waals surface area contributed by atoms with E-state index in [2.05, 4.69) is 0 Å². The Balaban J connectivity index is -0.0000000300. The molecular formula is HCa2O6S2+. The fourth-order valence-corrected chi connectivity index (χ4v) is 0. The Labute approximate surface area is 122 Å². The maximum atomic E-state index is 8.56. The Kier molecular flexibility index (Phi) is 40.5. The third-order valence-electron chi connectivity index (χ3n) is 0. The van der Waals surface area contributed by atoms with E-state index in [0.29, 0.717) is 0 Å². The van der Waals surface area contributed by atoms with Gasteiger partial charge in [0.25, 0.3) is 0 Å². The molecule has 0 amide bonds. The van der Waals surface area contributed by atoms with Crippen LogP contribution in [0.1, 0.15) is 0 Å². The Morgan fingerprint density at radius 1 is 1.00 bits per heavy atom. The van der Waals surface area contributed by atoms with E-state index in [0.717, 1.165) is 0 Å². The minimum atomic E-state index is -3.11. The van der Waals surface area contributed by atoms with Crippen molar-refractivity contribution < 1.29 is 26.6 Å². The van der Waals surface area contributed by atoms with Gasteiger partial charge in [-0.05, 0) is 0 Å². The molecular weight excluding hydrogens is 240 g/mol. The minimum absolute atomic E-state index is 0. The Hall–Kier alpha value is 2.66. The summed E-state index contributed by atoms with van der Waals surface area (Å²) in [6.45, 7) is 0. The van der Waals surface area contributed by atoms with Crippen molar-refractivity contribution in [1.82, 2.24) is 0 Å². The van der Waals surface area contributed by atoms with Gasteiger partial charge in [-0.3, -0.25) is 4.21 Å². The molecule has 1 N–H and O–H groups in total. The second-order valence-corrected chi connectivity index (χ2v) is 1.26. The van der Waals surface area contributed by atoms with E-state index in [1.807, 2.05) is 0 Å². The van der Waals surface area contributed by atoms with Crippen molar-refractivity contribution in [2.24, 2.45) is 0 Å². The number of hydrogen-bond acceptors (Lipinski definition) is 5. The first-order valence-corrected chi connectivity index (χ1v) is 3.05. The van der Waals surface area contributed by atoms with Gasteiger partial charge in [0.15, 0.2) is 0 Å². The van der Waals surface area contributed by atoms with Crippen molar-refractivity contribution in [2.45, 2.75) is 0 Å². The van der Waals surface area contributed by atoms with Crippen molar-refractivity contribution in [3.63, 3.8) is 0 Å². The van der Waals surface area contributed by atoms with Gasteiger partial charge in [0.05, 0.1) is 11.4 Å². The molecule has 0 aliphatic carbocycles. The van der Waals surface area contributed by atoms with Crippen LogP contribution in [-0.2, 0) is 22.7 Å². The van der Waals surface area contributed by atoms with Gasteiger partial charge >= 0.3 is 75.5 Å². The van der Waals surface area contributed by atoms with Gasteiger partial charge in [-0.2, -0.15) is 0 Å². The van der Waals surface area contributed by atoms with E-state index in [9.17, 15) is 0 Å². The van der Waals surface area contributed by atoms with Crippen LogP contribution >= 0.6 is 0 Å². The van der Waals surface area contributed by atoms with Gasteiger partial charge in [0.1, 0.15) is 0 Å². The molecule has 52 valence electrons. The second-order valence-electron chi connectivity index (χ2n) is 0.421. The molecule has 0 aliphatic rings. The second kappa shape index (κ2) is 17.7.